The van der Waals surface area contributed by atoms with Gasteiger partial charge in [-0.25, -0.2) is 4.98 Å². The normalized spacial score (nSPS) is 16.5. The van der Waals surface area contributed by atoms with Gasteiger partial charge in [0.25, 0.3) is 0 Å². The van der Waals surface area contributed by atoms with E-state index in [9.17, 15) is 0 Å². The molecule has 1 N–H and O–H groups in total. The van der Waals surface area contributed by atoms with Crippen LogP contribution in [-0.2, 0) is 6.42 Å². The Morgan fingerprint density at radius 2 is 1.96 bits per heavy atom. The predicted octanol–water partition coefficient (Wildman–Crippen LogP) is 3.71. The fourth-order valence-electron chi connectivity index (χ4n) is 3.54. The largest absolute Gasteiger partial charge is 0.302 e. The van der Waals surface area contributed by atoms with Crippen LogP contribution in [0.3, 0.4) is 0 Å². The zero-order valence-corrected chi connectivity index (χ0v) is 14.3. The van der Waals surface area contributed by atoms with E-state index in [0.29, 0.717) is 0 Å². The third-order valence-electron chi connectivity index (χ3n) is 4.79. The summed E-state index contributed by atoms with van der Waals surface area (Å²) < 4.78 is 2.20. The van der Waals surface area contributed by atoms with Crippen LogP contribution >= 0.6 is 11.6 Å². The molecular formula is C18H15ClN6. The van der Waals surface area contributed by atoms with Gasteiger partial charge >= 0.3 is 0 Å². The average molecular weight is 351 g/mol. The first-order valence-corrected chi connectivity index (χ1v) is 8.60. The van der Waals surface area contributed by atoms with Gasteiger partial charge in [-0.05, 0) is 43.2 Å². The quantitative estimate of drug-likeness (QED) is 0.598. The standard InChI is InChI=1S/C18H15ClN6/c1-10-17-13(22-21-10)6-7-14(20-17)18-24-23-16-9-8-15(25(16)18)11-2-4-12(19)5-3-11/h2-7,15H,8-9H2,1H3,(H,21,22)/t15-/m0/s1. The van der Waals surface area contributed by atoms with Crippen molar-refractivity contribution in [2.75, 3.05) is 0 Å². The van der Waals surface area contributed by atoms with E-state index >= 15 is 0 Å². The molecule has 0 radical (unpaired) electrons. The Hall–Kier alpha value is -2.73. The predicted molar refractivity (Wildman–Crippen MR) is 95.6 cm³/mol. The number of H-pyrrole nitrogens is 1. The Kier molecular flexibility index (Phi) is 3.15. The van der Waals surface area contributed by atoms with Crippen molar-refractivity contribution in [2.24, 2.45) is 0 Å². The van der Waals surface area contributed by atoms with Crippen molar-refractivity contribution in [1.29, 1.82) is 0 Å². The summed E-state index contributed by atoms with van der Waals surface area (Å²) in [6.45, 7) is 1.94. The second-order valence-electron chi connectivity index (χ2n) is 6.32. The molecule has 0 fully saturated rings. The molecule has 1 atom stereocenters. The lowest BCUT2D eigenvalue weighted by molar-refractivity contribution is 0.621. The molecule has 5 rings (SSSR count). The Labute approximate surface area is 148 Å². The monoisotopic (exact) mass is 350 g/mol. The van der Waals surface area contributed by atoms with E-state index in [-0.39, 0.29) is 6.04 Å². The summed E-state index contributed by atoms with van der Waals surface area (Å²) in [6.07, 6.45) is 1.92. The van der Waals surface area contributed by atoms with Gasteiger partial charge in [0.2, 0.25) is 0 Å². The van der Waals surface area contributed by atoms with Crippen molar-refractivity contribution in [3.05, 3.63) is 58.5 Å². The van der Waals surface area contributed by atoms with Crippen LogP contribution in [0.1, 0.15) is 29.5 Å². The van der Waals surface area contributed by atoms with Gasteiger partial charge in [-0.3, -0.25) is 5.10 Å². The van der Waals surface area contributed by atoms with E-state index < -0.39 is 0 Å². The lowest BCUT2D eigenvalue weighted by atomic mass is 10.0. The van der Waals surface area contributed by atoms with Gasteiger partial charge < -0.3 is 4.57 Å². The van der Waals surface area contributed by atoms with E-state index in [0.717, 1.165) is 51.9 Å². The van der Waals surface area contributed by atoms with Gasteiger partial charge in [0.15, 0.2) is 5.82 Å². The van der Waals surface area contributed by atoms with Gasteiger partial charge in [0, 0.05) is 11.4 Å². The fourth-order valence-corrected chi connectivity index (χ4v) is 3.66. The second-order valence-corrected chi connectivity index (χ2v) is 6.75. The minimum atomic E-state index is 0.209. The summed E-state index contributed by atoms with van der Waals surface area (Å²) in [5.41, 5.74) is 4.71. The third kappa shape index (κ3) is 2.25. The number of pyridine rings is 1. The fraction of sp³-hybridized carbons (Fsp3) is 0.222. The smallest absolute Gasteiger partial charge is 0.183 e. The summed E-state index contributed by atoms with van der Waals surface area (Å²) in [5.74, 6) is 1.80. The zero-order valence-electron chi connectivity index (χ0n) is 13.6. The topological polar surface area (TPSA) is 72.3 Å². The van der Waals surface area contributed by atoms with Gasteiger partial charge in [-0.1, -0.05) is 23.7 Å². The maximum Gasteiger partial charge on any atom is 0.183 e. The van der Waals surface area contributed by atoms with Gasteiger partial charge in [0.05, 0.1) is 17.3 Å². The Balaban J connectivity index is 1.64. The molecule has 3 aromatic heterocycles. The molecule has 6 nitrogen and oxygen atoms in total. The number of rotatable bonds is 2. The van der Waals surface area contributed by atoms with Gasteiger partial charge in [-0.2, -0.15) is 5.10 Å². The molecule has 1 aliphatic heterocycles. The molecular weight excluding hydrogens is 336 g/mol. The number of fused-ring (bicyclic) bond motifs is 2. The van der Waals surface area contributed by atoms with Crippen LogP contribution < -0.4 is 0 Å². The summed E-state index contributed by atoms with van der Waals surface area (Å²) in [4.78, 5) is 4.76. The maximum atomic E-state index is 6.03. The lowest BCUT2D eigenvalue weighted by Gasteiger charge is -2.15. The molecule has 4 aromatic rings. The van der Waals surface area contributed by atoms with Crippen LogP contribution in [0, 0.1) is 6.92 Å². The molecule has 0 bridgehead atoms. The van der Waals surface area contributed by atoms with Crippen LogP contribution in [0.4, 0.5) is 0 Å². The van der Waals surface area contributed by atoms with Crippen molar-refractivity contribution in [2.45, 2.75) is 25.8 Å². The lowest BCUT2D eigenvalue weighted by Crippen LogP contribution is -2.08. The zero-order chi connectivity index (χ0) is 17.0. The van der Waals surface area contributed by atoms with Crippen molar-refractivity contribution in [3.63, 3.8) is 0 Å². The molecule has 0 saturated heterocycles. The van der Waals surface area contributed by atoms with Crippen molar-refractivity contribution < 1.29 is 0 Å². The minimum Gasteiger partial charge on any atom is -0.302 e. The van der Waals surface area contributed by atoms with E-state index in [4.69, 9.17) is 16.6 Å². The Morgan fingerprint density at radius 3 is 2.80 bits per heavy atom. The molecule has 0 saturated carbocycles. The molecule has 0 spiro atoms. The molecule has 1 aromatic carbocycles. The molecule has 25 heavy (non-hydrogen) atoms. The number of aromatic amines is 1. The molecule has 0 unspecified atom stereocenters. The number of hydrogen-bond acceptors (Lipinski definition) is 4. The molecule has 7 heteroatoms. The van der Waals surface area contributed by atoms with Crippen molar-refractivity contribution >= 4 is 22.6 Å². The highest BCUT2D eigenvalue weighted by molar-refractivity contribution is 6.30. The van der Waals surface area contributed by atoms with Gasteiger partial charge in [0.1, 0.15) is 17.0 Å². The summed E-state index contributed by atoms with van der Waals surface area (Å²) in [5, 5.41) is 16.7. The highest BCUT2D eigenvalue weighted by Crippen LogP contribution is 2.35. The first-order valence-electron chi connectivity index (χ1n) is 8.22. The second kappa shape index (κ2) is 5.39. The van der Waals surface area contributed by atoms with Crippen LogP contribution in [-0.4, -0.2) is 29.9 Å². The Morgan fingerprint density at radius 1 is 1.12 bits per heavy atom. The van der Waals surface area contributed by atoms with Crippen molar-refractivity contribution in [3.8, 4) is 11.5 Å². The number of nitrogens with one attached hydrogen (secondary N) is 1. The van der Waals surface area contributed by atoms with Crippen LogP contribution in [0.2, 0.25) is 5.02 Å². The average Bonchev–Trinajstić information content (AvgIpc) is 3.31. The molecule has 0 amide bonds. The number of halogens is 1. The van der Waals surface area contributed by atoms with Crippen LogP contribution in [0.5, 0.6) is 0 Å². The highest BCUT2D eigenvalue weighted by Gasteiger charge is 2.29. The van der Waals surface area contributed by atoms with Gasteiger partial charge in [-0.15, -0.1) is 10.2 Å². The van der Waals surface area contributed by atoms with E-state index in [1.165, 1.54) is 5.56 Å². The van der Waals surface area contributed by atoms with E-state index in [2.05, 4.69) is 37.1 Å². The Bertz CT molecular complexity index is 1080. The molecule has 124 valence electrons. The number of aryl methyl sites for hydroxylation is 2. The number of hydrogen-bond donors (Lipinski definition) is 1. The number of nitrogens with zero attached hydrogens (tertiary/aromatic N) is 5. The SMILES string of the molecule is Cc1n[nH]c2ccc(-c3nnc4n3[C@H](c3ccc(Cl)cc3)CC4)nc12. The van der Waals surface area contributed by atoms with Crippen LogP contribution in [0.25, 0.3) is 22.6 Å². The first-order chi connectivity index (χ1) is 12.2. The highest BCUT2D eigenvalue weighted by atomic mass is 35.5. The minimum absolute atomic E-state index is 0.209. The first kappa shape index (κ1) is 14.6. The summed E-state index contributed by atoms with van der Waals surface area (Å²) in [6, 6.07) is 12.2. The van der Waals surface area contributed by atoms with Crippen molar-refractivity contribution in [1.82, 2.24) is 29.9 Å². The van der Waals surface area contributed by atoms with Crippen LogP contribution in [0.15, 0.2) is 36.4 Å². The summed E-state index contributed by atoms with van der Waals surface area (Å²) in [7, 11) is 0. The molecule has 4 heterocycles. The third-order valence-corrected chi connectivity index (χ3v) is 5.04. The van der Waals surface area contributed by atoms with E-state index in [1.807, 2.05) is 31.2 Å². The molecule has 1 aliphatic rings. The maximum absolute atomic E-state index is 6.03. The number of benzene rings is 1. The summed E-state index contributed by atoms with van der Waals surface area (Å²) >= 11 is 6.03. The number of aromatic nitrogens is 6. The van der Waals surface area contributed by atoms with E-state index in [1.54, 1.807) is 0 Å². The molecule has 0 aliphatic carbocycles.